The molecule has 5 nitrogen and oxygen atoms in total. The van der Waals surface area contributed by atoms with Crippen molar-refractivity contribution in [3.8, 4) is 17.2 Å². The van der Waals surface area contributed by atoms with Gasteiger partial charge in [-0.2, -0.15) is 0 Å². The fourth-order valence-corrected chi connectivity index (χ4v) is 2.61. The van der Waals surface area contributed by atoms with Gasteiger partial charge in [0.05, 0.1) is 27.8 Å². The Morgan fingerprint density at radius 3 is 2.04 bits per heavy atom. The first kappa shape index (κ1) is 19.6. The average Bonchev–Trinajstić information content (AvgIpc) is 2.66. The van der Waals surface area contributed by atoms with E-state index in [4.69, 9.17) is 14.2 Å². The molecule has 0 unspecified atom stereocenters. The largest absolute Gasteiger partial charge is 0.493 e. The Bertz CT molecular complexity index is 721. The standard InChI is InChI=1S/C20H24FNO4/c1-22(19(23)13-14-5-7-16(21)8-6-14)10-9-15-11-17(24-2)20(26-4)18(12-15)25-3/h5-8,11-12H,9-10,13H2,1-4H3. The second-order valence-corrected chi connectivity index (χ2v) is 5.90. The predicted molar refractivity (Wildman–Crippen MR) is 97.5 cm³/mol. The molecule has 0 radical (unpaired) electrons. The number of ether oxygens (including phenoxy) is 3. The van der Waals surface area contributed by atoms with Crippen molar-refractivity contribution in [1.82, 2.24) is 4.90 Å². The smallest absolute Gasteiger partial charge is 0.226 e. The lowest BCUT2D eigenvalue weighted by Gasteiger charge is -2.19. The molecule has 2 aromatic rings. The van der Waals surface area contributed by atoms with Crippen LogP contribution in [0.5, 0.6) is 17.2 Å². The number of benzene rings is 2. The molecule has 0 saturated carbocycles. The summed E-state index contributed by atoms with van der Waals surface area (Å²) in [6.45, 7) is 0.540. The average molecular weight is 361 g/mol. The molecule has 0 bridgehead atoms. The van der Waals surface area contributed by atoms with Gasteiger partial charge in [-0.25, -0.2) is 4.39 Å². The van der Waals surface area contributed by atoms with Gasteiger partial charge in [-0.05, 0) is 41.8 Å². The van der Waals surface area contributed by atoms with Gasteiger partial charge in [-0.15, -0.1) is 0 Å². The number of nitrogens with zero attached hydrogens (tertiary/aromatic N) is 1. The van der Waals surface area contributed by atoms with Crippen LogP contribution in [0, 0.1) is 5.82 Å². The van der Waals surface area contributed by atoms with E-state index < -0.39 is 0 Å². The molecular formula is C20H24FNO4. The molecule has 0 aliphatic rings. The summed E-state index contributed by atoms with van der Waals surface area (Å²) in [5.41, 5.74) is 1.76. The topological polar surface area (TPSA) is 48.0 Å². The maximum absolute atomic E-state index is 12.9. The third-order valence-electron chi connectivity index (χ3n) is 4.15. The van der Waals surface area contributed by atoms with Gasteiger partial charge in [0.1, 0.15) is 5.82 Å². The van der Waals surface area contributed by atoms with Crippen molar-refractivity contribution in [3.63, 3.8) is 0 Å². The summed E-state index contributed by atoms with van der Waals surface area (Å²) in [7, 11) is 6.45. The lowest BCUT2D eigenvalue weighted by molar-refractivity contribution is -0.129. The molecule has 0 aliphatic heterocycles. The van der Waals surface area contributed by atoms with Crippen molar-refractivity contribution >= 4 is 5.91 Å². The molecule has 26 heavy (non-hydrogen) atoms. The quantitative estimate of drug-likeness (QED) is 0.725. The molecule has 0 atom stereocenters. The maximum Gasteiger partial charge on any atom is 0.226 e. The number of halogens is 1. The minimum atomic E-state index is -0.308. The van der Waals surface area contributed by atoms with Crippen molar-refractivity contribution in [2.45, 2.75) is 12.8 Å². The zero-order chi connectivity index (χ0) is 19.1. The number of methoxy groups -OCH3 is 3. The third kappa shape index (κ3) is 4.88. The summed E-state index contributed by atoms with van der Waals surface area (Å²) < 4.78 is 28.9. The molecule has 2 rings (SSSR count). The number of hydrogen-bond acceptors (Lipinski definition) is 4. The number of likely N-dealkylation sites (N-methyl/N-ethyl adjacent to an activating group) is 1. The van der Waals surface area contributed by atoms with Crippen LogP contribution < -0.4 is 14.2 Å². The first-order chi connectivity index (χ1) is 12.5. The summed E-state index contributed by atoms with van der Waals surface area (Å²) in [5.74, 6) is 1.38. The Morgan fingerprint density at radius 1 is 0.962 bits per heavy atom. The van der Waals surface area contributed by atoms with Crippen molar-refractivity contribution in [3.05, 3.63) is 53.3 Å². The van der Waals surface area contributed by atoms with E-state index in [0.717, 1.165) is 11.1 Å². The van der Waals surface area contributed by atoms with Crippen LogP contribution in [0.2, 0.25) is 0 Å². The molecule has 0 aliphatic carbocycles. The highest BCUT2D eigenvalue weighted by Gasteiger charge is 2.15. The van der Waals surface area contributed by atoms with Crippen molar-refractivity contribution < 1.29 is 23.4 Å². The first-order valence-electron chi connectivity index (χ1n) is 8.25. The summed E-state index contributed by atoms with van der Waals surface area (Å²) in [4.78, 5) is 14.0. The van der Waals surface area contributed by atoms with Gasteiger partial charge < -0.3 is 19.1 Å². The van der Waals surface area contributed by atoms with Crippen LogP contribution in [-0.2, 0) is 17.6 Å². The van der Waals surface area contributed by atoms with Crippen LogP contribution in [0.25, 0.3) is 0 Å². The highest BCUT2D eigenvalue weighted by atomic mass is 19.1. The highest BCUT2D eigenvalue weighted by Crippen LogP contribution is 2.38. The van der Waals surface area contributed by atoms with Crippen molar-refractivity contribution in [1.29, 1.82) is 0 Å². The van der Waals surface area contributed by atoms with Crippen molar-refractivity contribution in [2.75, 3.05) is 34.9 Å². The van der Waals surface area contributed by atoms with Crippen LogP contribution in [0.15, 0.2) is 36.4 Å². The van der Waals surface area contributed by atoms with Gasteiger partial charge in [-0.3, -0.25) is 4.79 Å². The number of rotatable bonds is 8. The monoisotopic (exact) mass is 361 g/mol. The molecule has 2 aromatic carbocycles. The second-order valence-electron chi connectivity index (χ2n) is 5.90. The number of hydrogen-bond donors (Lipinski definition) is 0. The maximum atomic E-state index is 12.9. The van der Waals surface area contributed by atoms with Crippen LogP contribution in [0.1, 0.15) is 11.1 Å². The predicted octanol–water partition coefficient (Wildman–Crippen LogP) is 3.10. The Balaban J connectivity index is 2.00. The summed E-state index contributed by atoms with van der Waals surface area (Å²) >= 11 is 0. The lowest BCUT2D eigenvalue weighted by atomic mass is 10.1. The van der Waals surface area contributed by atoms with E-state index in [-0.39, 0.29) is 18.1 Å². The molecule has 140 valence electrons. The van der Waals surface area contributed by atoms with Gasteiger partial charge >= 0.3 is 0 Å². The first-order valence-corrected chi connectivity index (χ1v) is 8.25. The summed E-state index contributed by atoms with van der Waals surface area (Å²) in [6.07, 6.45) is 0.883. The van der Waals surface area contributed by atoms with Crippen molar-refractivity contribution in [2.24, 2.45) is 0 Å². The minimum absolute atomic E-state index is 0.0240. The third-order valence-corrected chi connectivity index (χ3v) is 4.15. The van der Waals surface area contributed by atoms with Crippen LogP contribution in [-0.4, -0.2) is 45.7 Å². The molecule has 0 N–H and O–H groups in total. The number of carbonyl (C=O) groups excluding carboxylic acids is 1. The molecule has 0 fully saturated rings. The second kappa shape index (κ2) is 9.08. The van der Waals surface area contributed by atoms with Crippen LogP contribution in [0.4, 0.5) is 4.39 Å². The summed E-state index contributed by atoms with van der Waals surface area (Å²) in [6, 6.07) is 9.72. The normalized spacial score (nSPS) is 10.3. The van der Waals surface area contributed by atoms with Gasteiger partial charge in [0, 0.05) is 13.6 Å². The van der Waals surface area contributed by atoms with E-state index in [2.05, 4.69) is 0 Å². The van der Waals surface area contributed by atoms with Gasteiger partial charge in [0.2, 0.25) is 11.7 Å². The molecule has 0 heterocycles. The fraction of sp³-hybridized carbons (Fsp3) is 0.350. The molecule has 6 heteroatoms. The number of amides is 1. The zero-order valence-corrected chi connectivity index (χ0v) is 15.5. The Kier molecular flexibility index (Phi) is 6.83. The molecule has 0 aromatic heterocycles. The van der Waals surface area contributed by atoms with Crippen LogP contribution in [0.3, 0.4) is 0 Å². The molecule has 0 spiro atoms. The highest BCUT2D eigenvalue weighted by molar-refractivity contribution is 5.78. The Morgan fingerprint density at radius 2 is 1.54 bits per heavy atom. The molecule has 1 amide bonds. The molecular weight excluding hydrogens is 337 g/mol. The van der Waals surface area contributed by atoms with E-state index in [1.54, 1.807) is 45.4 Å². The summed E-state index contributed by atoms with van der Waals surface area (Å²) in [5, 5.41) is 0. The Hall–Kier alpha value is -2.76. The lowest BCUT2D eigenvalue weighted by Crippen LogP contribution is -2.30. The van der Waals surface area contributed by atoms with E-state index in [1.165, 1.54) is 12.1 Å². The van der Waals surface area contributed by atoms with Crippen LogP contribution >= 0.6 is 0 Å². The van der Waals surface area contributed by atoms with Gasteiger partial charge in [0.15, 0.2) is 11.5 Å². The van der Waals surface area contributed by atoms with E-state index >= 15 is 0 Å². The van der Waals surface area contributed by atoms with Gasteiger partial charge in [0.25, 0.3) is 0 Å². The van der Waals surface area contributed by atoms with E-state index in [9.17, 15) is 9.18 Å². The SMILES string of the molecule is COc1cc(CCN(C)C(=O)Cc2ccc(F)cc2)cc(OC)c1OC. The van der Waals surface area contributed by atoms with Gasteiger partial charge in [-0.1, -0.05) is 12.1 Å². The zero-order valence-electron chi connectivity index (χ0n) is 15.5. The fourth-order valence-electron chi connectivity index (χ4n) is 2.61. The Labute approximate surface area is 153 Å². The minimum Gasteiger partial charge on any atom is -0.493 e. The van der Waals surface area contributed by atoms with E-state index in [1.807, 2.05) is 12.1 Å². The van der Waals surface area contributed by atoms with E-state index in [0.29, 0.717) is 30.2 Å². The number of carbonyl (C=O) groups is 1. The molecule has 0 saturated heterocycles.